The van der Waals surface area contributed by atoms with Crippen LogP contribution < -0.4 is 10.1 Å². The van der Waals surface area contributed by atoms with Gasteiger partial charge in [0.05, 0.1) is 12.2 Å². The van der Waals surface area contributed by atoms with Crippen molar-refractivity contribution in [1.82, 2.24) is 4.90 Å². The van der Waals surface area contributed by atoms with Crippen molar-refractivity contribution in [3.63, 3.8) is 0 Å². The van der Waals surface area contributed by atoms with E-state index >= 15 is 0 Å². The molecule has 0 bridgehead atoms. The van der Waals surface area contributed by atoms with Crippen LogP contribution in [-0.4, -0.2) is 49.6 Å². The fourth-order valence-electron chi connectivity index (χ4n) is 3.07. The quantitative estimate of drug-likeness (QED) is 0.517. The van der Waals surface area contributed by atoms with Crippen molar-refractivity contribution in [1.29, 1.82) is 0 Å². The lowest BCUT2D eigenvalue weighted by atomic mass is 10.1. The molecular weight excluding hydrogens is 380 g/mol. The Morgan fingerprint density at radius 3 is 2.20 bits per heavy atom. The number of carbonyl (C=O) groups is 2. The molecule has 6 nitrogen and oxygen atoms in total. The van der Waals surface area contributed by atoms with Gasteiger partial charge in [-0.25, -0.2) is 0 Å². The number of nitrogens with one attached hydrogen (secondary N) is 1. The highest BCUT2D eigenvalue weighted by Gasteiger charge is 2.15. The van der Waals surface area contributed by atoms with Crippen molar-refractivity contribution in [2.24, 2.45) is 0 Å². The Morgan fingerprint density at radius 1 is 0.900 bits per heavy atom. The third-order valence-electron chi connectivity index (χ3n) is 4.49. The summed E-state index contributed by atoms with van der Waals surface area (Å²) >= 11 is 0. The molecule has 0 saturated carbocycles. The number of carbonyl (C=O) groups excluding carboxylic acids is 2. The van der Waals surface area contributed by atoms with E-state index in [-0.39, 0.29) is 11.8 Å². The predicted molar refractivity (Wildman–Crippen MR) is 119 cm³/mol. The maximum atomic E-state index is 12.7. The van der Waals surface area contributed by atoms with Crippen molar-refractivity contribution in [3.05, 3.63) is 59.7 Å². The van der Waals surface area contributed by atoms with Gasteiger partial charge in [0.15, 0.2) is 0 Å². The van der Waals surface area contributed by atoms with Crippen LogP contribution in [0.15, 0.2) is 48.5 Å². The Balaban J connectivity index is 2.03. The molecule has 2 aromatic rings. The van der Waals surface area contributed by atoms with Crippen LogP contribution in [0, 0.1) is 0 Å². The number of rotatable bonds is 12. The SMILES string of the molecule is CCCN(CCC)C(=O)c1ccc(NC(=O)c2ccccc2OCCOCC)cc1. The van der Waals surface area contributed by atoms with E-state index in [0.717, 1.165) is 25.9 Å². The van der Waals surface area contributed by atoms with Gasteiger partial charge in [-0.1, -0.05) is 26.0 Å². The second-order valence-electron chi connectivity index (χ2n) is 6.87. The van der Waals surface area contributed by atoms with Crippen molar-refractivity contribution in [2.75, 3.05) is 38.2 Å². The highest BCUT2D eigenvalue weighted by Crippen LogP contribution is 2.20. The van der Waals surface area contributed by atoms with Crippen LogP contribution >= 0.6 is 0 Å². The number of hydrogen-bond acceptors (Lipinski definition) is 4. The predicted octanol–water partition coefficient (Wildman–Crippen LogP) is 4.62. The van der Waals surface area contributed by atoms with Gasteiger partial charge in [0.2, 0.25) is 0 Å². The first-order chi connectivity index (χ1) is 14.6. The maximum Gasteiger partial charge on any atom is 0.259 e. The zero-order valence-corrected chi connectivity index (χ0v) is 18.1. The molecule has 0 spiro atoms. The van der Waals surface area contributed by atoms with E-state index in [1.807, 2.05) is 17.9 Å². The van der Waals surface area contributed by atoms with E-state index < -0.39 is 0 Å². The second-order valence-corrected chi connectivity index (χ2v) is 6.87. The number of para-hydroxylation sites is 1. The molecule has 0 aliphatic heterocycles. The fraction of sp³-hybridized carbons (Fsp3) is 0.417. The molecule has 1 N–H and O–H groups in total. The third-order valence-corrected chi connectivity index (χ3v) is 4.49. The summed E-state index contributed by atoms with van der Waals surface area (Å²) < 4.78 is 11.0. The Morgan fingerprint density at radius 2 is 1.57 bits per heavy atom. The highest BCUT2D eigenvalue weighted by atomic mass is 16.5. The summed E-state index contributed by atoms with van der Waals surface area (Å²) in [5.41, 5.74) is 1.69. The van der Waals surface area contributed by atoms with Crippen LogP contribution in [0.5, 0.6) is 5.75 Å². The molecule has 2 amide bonds. The summed E-state index contributed by atoms with van der Waals surface area (Å²) in [5, 5.41) is 2.87. The number of nitrogens with zero attached hydrogens (tertiary/aromatic N) is 1. The van der Waals surface area contributed by atoms with Gasteiger partial charge in [-0.2, -0.15) is 0 Å². The first kappa shape index (κ1) is 23.4. The Kier molecular flexibility index (Phi) is 9.87. The number of hydrogen-bond donors (Lipinski definition) is 1. The van der Waals surface area contributed by atoms with E-state index in [2.05, 4.69) is 19.2 Å². The number of anilines is 1. The molecule has 162 valence electrons. The molecule has 2 aromatic carbocycles. The summed E-state index contributed by atoms with van der Waals surface area (Å²) in [6, 6.07) is 14.1. The molecule has 30 heavy (non-hydrogen) atoms. The minimum absolute atomic E-state index is 0.0182. The smallest absolute Gasteiger partial charge is 0.259 e. The van der Waals surface area contributed by atoms with Crippen LogP contribution in [-0.2, 0) is 4.74 Å². The van der Waals surface area contributed by atoms with E-state index in [1.165, 1.54) is 0 Å². The molecule has 0 saturated heterocycles. The Bertz CT molecular complexity index is 799. The van der Waals surface area contributed by atoms with Gasteiger partial charge in [0.25, 0.3) is 11.8 Å². The lowest BCUT2D eigenvalue weighted by Crippen LogP contribution is -2.32. The topological polar surface area (TPSA) is 67.9 Å². The molecule has 0 heterocycles. The zero-order valence-electron chi connectivity index (χ0n) is 18.1. The summed E-state index contributed by atoms with van der Waals surface area (Å²) in [6.45, 7) is 9.00. The molecule has 6 heteroatoms. The normalized spacial score (nSPS) is 10.5. The van der Waals surface area contributed by atoms with Crippen molar-refractivity contribution in [2.45, 2.75) is 33.6 Å². The van der Waals surface area contributed by atoms with Crippen LogP contribution in [0.3, 0.4) is 0 Å². The number of amides is 2. The van der Waals surface area contributed by atoms with E-state index in [4.69, 9.17) is 9.47 Å². The number of benzene rings is 2. The van der Waals surface area contributed by atoms with E-state index in [0.29, 0.717) is 42.4 Å². The third kappa shape index (κ3) is 6.88. The number of ether oxygens (including phenoxy) is 2. The standard InChI is InChI=1S/C24H32N2O4/c1-4-15-26(16-5-2)24(28)19-11-13-20(14-12-19)25-23(27)21-9-7-8-10-22(21)30-18-17-29-6-3/h7-14H,4-6,15-18H2,1-3H3,(H,25,27). The van der Waals surface area contributed by atoms with Gasteiger partial charge in [0, 0.05) is 30.9 Å². The molecule has 0 fully saturated rings. The molecule has 0 aliphatic rings. The van der Waals surface area contributed by atoms with Crippen molar-refractivity contribution in [3.8, 4) is 5.75 Å². The Labute approximate surface area is 179 Å². The minimum Gasteiger partial charge on any atom is -0.490 e. The van der Waals surface area contributed by atoms with Crippen LogP contribution in [0.25, 0.3) is 0 Å². The van der Waals surface area contributed by atoms with Gasteiger partial charge in [-0.15, -0.1) is 0 Å². The Hall–Kier alpha value is -2.86. The van der Waals surface area contributed by atoms with Gasteiger partial charge >= 0.3 is 0 Å². The van der Waals surface area contributed by atoms with Gasteiger partial charge in [-0.05, 0) is 56.2 Å². The van der Waals surface area contributed by atoms with Crippen molar-refractivity contribution >= 4 is 17.5 Å². The van der Waals surface area contributed by atoms with Crippen molar-refractivity contribution < 1.29 is 19.1 Å². The monoisotopic (exact) mass is 412 g/mol. The summed E-state index contributed by atoms with van der Waals surface area (Å²) in [6.07, 6.45) is 1.85. The second kappa shape index (κ2) is 12.6. The average molecular weight is 413 g/mol. The summed E-state index contributed by atoms with van der Waals surface area (Å²) in [7, 11) is 0. The molecule has 0 aliphatic carbocycles. The first-order valence-electron chi connectivity index (χ1n) is 10.6. The lowest BCUT2D eigenvalue weighted by Gasteiger charge is -2.21. The molecular formula is C24H32N2O4. The fourth-order valence-corrected chi connectivity index (χ4v) is 3.07. The molecule has 0 atom stereocenters. The average Bonchev–Trinajstić information content (AvgIpc) is 2.77. The zero-order chi connectivity index (χ0) is 21.8. The first-order valence-corrected chi connectivity index (χ1v) is 10.6. The maximum absolute atomic E-state index is 12.7. The van der Waals surface area contributed by atoms with Gasteiger partial charge in [-0.3, -0.25) is 9.59 Å². The molecule has 0 radical (unpaired) electrons. The largest absolute Gasteiger partial charge is 0.490 e. The summed E-state index contributed by atoms with van der Waals surface area (Å²) in [5.74, 6) is 0.264. The van der Waals surface area contributed by atoms with Gasteiger partial charge in [0.1, 0.15) is 12.4 Å². The van der Waals surface area contributed by atoms with E-state index in [1.54, 1.807) is 42.5 Å². The van der Waals surface area contributed by atoms with Crippen LogP contribution in [0.4, 0.5) is 5.69 Å². The molecule has 0 aromatic heterocycles. The molecule has 0 unspecified atom stereocenters. The molecule has 2 rings (SSSR count). The van der Waals surface area contributed by atoms with Gasteiger partial charge < -0.3 is 19.7 Å². The minimum atomic E-state index is -0.264. The highest BCUT2D eigenvalue weighted by molar-refractivity contribution is 6.06. The lowest BCUT2D eigenvalue weighted by molar-refractivity contribution is 0.0755. The van der Waals surface area contributed by atoms with E-state index in [9.17, 15) is 9.59 Å². The van der Waals surface area contributed by atoms with Crippen LogP contribution in [0.2, 0.25) is 0 Å². The summed E-state index contributed by atoms with van der Waals surface area (Å²) in [4.78, 5) is 27.3. The van der Waals surface area contributed by atoms with Crippen LogP contribution in [0.1, 0.15) is 54.3 Å².